The van der Waals surface area contributed by atoms with Gasteiger partial charge in [-0.05, 0) is 27.7 Å². The molecule has 1 aliphatic rings. The molecule has 1 aliphatic heterocycles. The van der Waals surface area contributed by atoms with Gasteiger partial charge in [-0.25, -0.2) is 4.79 Å². The van der Waals surface area contributed by atoms with Crippen LogP contribution in [0.1, 0.15) is 27.7 Å². The van der Waals surface area contributed by atoms with Crippen LogP contribution in [0.15, 0.2) is 0 Å². The van der Waals surface area contributed by atoms with Gasteiger partial charge in [0.1, 0.15) is 0 Å². The van der Waals surface area contributed by atoms with Crippen molar-refractivity contribution in [2.24, 2.45) is 0 Å². The van der Waals surface area contributed by atoms with Gasteiger partial charge in [0.05, 0.1) is 24.9 Å². The van der Waals surface area contributed by atoms with Crippen LogP contribution in [0, 0.1) is 0 Å². The Labute approximate surface area is 95.7 Å². The molecule has 5 heteroatoms. The minimum Gasteiger partial charge on any atom is -0.459 e. The topological polar surface area (TPSA) is 55.8 Å². The van der Waals surface area contributed by atoms with Gasteiger partial charge in [0.25, 0.3) is 0 Å². The maximum Gasteiger partial charge on any atom is 0.397 e. The molecule has 92 valence electrons. The van der Waals surface area contributed by atoms with E-state index in [0.29, 0.717) is 13.2 Å². The summed E-state index contributed by atoms with van der Waals surface area (Å²) in [7, 11) is 0. The summed E-state index contributed by atoms with van der Waals surface area (Å²) in [6.07, 6.45) is -0.0496. The van der Waals surface area contributed by atoms with Crippen LogP contribution in [0.5, 0.6) is 0 Å². The molecule has 0 bridgehead atoms. The number of morpholine rings is 1. The Hall–Kier alpha value is -1.10. The number of hydrogen-bond acceptors (Lipinski definition) is 4. The lowest BCUT2D eigenvalue weighted by Crippen LogP contribution is -2.59. The van der Waals surface area contributed by atoms with Gasteiger partial charge in [-0.2, -0.15) is 0 Å². The van der Waals surface area contributed by atoms with Crippen molar-refractivity contribution < 1.29 is 19.1 Å². The summed E-state index contributed by atoms with van der Waals surface area (Å²) in [5.74, 6) is -1.37. The van der Waals surface area contributed by atoms with Crippen molar-refractivity contribution in [3.63, 3.8) is 0 Å². The molecule has 0 radical (unpaired) electrons. The van der Waals surface area contributed by atoms with E-state index in [0.717, 1.165) is 0 Å². The number of carbonyl (C=O) groups is 2. The second-order valence-corrected chi connectivity index (χ2v) is 4.57. The number of amides is 1. The van der Waals surface area contributed by atoms with Crippen molar-refractivity contribution in [2.45, 2.75) is 39.3 Å². The summed E-state index contributed by atoms with van der Waals surface area (Å²) in [6.45, 7) is 8.36. The van der Waals surface area contributed by atoms with Gasteiger partial charge >= 0.3 is 11.9 Å². The Kier molecular flexibility index (Phi) is 3.91. The van der Waals surface area contributed by atoms with Crippen molar-refractivity contribution >= 4 is 11.9 Å². The molecule has 1 amide bonds. The largest absolute Gasteiger partial charge is 0.459 e. The lowest BCUT2D eigenvalue weighted by molar-refractivity contribution is -0.171. The standard InChI is InChI=1S/C11H19NO4/c1-5-15-10(14)9(13)12-6-8(2)16-7-11(12,3)4/h8H,5-7H2,1-4H3. The first kappa shape index (κ1) is 13.0. The SMILES string of the molecule is CCOC(=O)C(=O)N1CC(C)OCC1(C)C. The molecular formula is C11H19NO4. The van der Waals surface area contributed by atoms with E-state index in [9.17, 15) is 9.59 Å². The third-order valence-electron chi connectivity index (χ3n) is 2.59. The summed E-state index contributed by atoms with van der Waals surface area (Å²) >= 11 is 0. The van der Waals surface area contributed by atoms with E-state index in [2.05, 4.69) is 0 Å². The first-order chi connectivity index (χ1) is 7.38. The molecule has 0 aromatic carbocycles. The molecule has 16 heavy (non-hydrogen) atoms. The highest BCUT2D eigenvalue weighted by Crippen LogP contribution is 2.22. The van der Waals surface area contributed by atoms with Gasteiger partial charge in [0.2, 0.25) is 0 Å². The summed E-state index contributed by atoms with van der Waals surface area (Å²) in [6, 6.07) is 0. The average Bonchev–Trinajstić information content (AvgIpc) is 2.21. The molecule has 5 nitrogen and oxygen atoms in total. The smallest absolute Gasteiger partial charge is 0.397 e. The first-order valence-corrected chi connectivity index (χ1v) is 5.49. The first-order valence-electron chi connectivity index (χ1n) is 5.49. The molecule has 0 aliphatic carbocycles. The van der Waals surface area contributed by atoms with Crippen LogP contribution >= 0.6 is 0 Å². The van der Waals surface area contributed by atoms with Gasteiger partial charge in [-0.3, -0.25) is 4.79 Å². The summed E-state index contributed by atoms with van der Waals surface area (Å²) < 4.78 is 10.2. The van der Waals surface area contributed by atoms with Gasteiger partial charge in [0.15, 0.2) is 0 Å². The maximum atomic E-state index is 11.8. The Morgan fingerprint density at radius 2 is 2.12 bits per heavy atom. The highest BCUT2D eigenvalue weighted by molar-refractivity contribution is 6.32. The number of ether oxygens (including phenoxy) is 2. The zero-order valence-corrected chi connectivity index (χ0v) is 10.3. The van der Waals surface area contributed by atoms with E-state index >= 15 is 0 Å². The van der Waals surface area contributed by atoms with Gasteiger partial charge in [-0.1, -0.05) is 0 Å². The molecule has 1 saturated heterocycles. The van der Waals surface area contributed by atoms with Crippen molar-refractivity contribution in [1.82, 2.24) is 4.90 Å². The molecule has 1 unspecified atom stereocenters. The van der Waals surface area contributed by atoms with E-state index in [-0.39, 0.29) is 12.7 Å². The minimum atomic E-state index is -0.787. The van der Waals surface area contributed by atoms with Crippen LogP contribution < -0.4 is 0 Å². The highest BCUT2D eigenvalue weighted by Gasteiger charge is 2.39. The third kappa shape index (κ3) is 2.72. The van der Waals surface area contributed by atoms with E-state index in [1.54, 1.807) is 6.92 Å². The summed E-state index contributed by atoms with van der Waals surface area (Å²) in [4.78, 5) is 24.8. The van der Waals surface area contributed by atoms with Gasteiger partial charge in [-0.15, -0.1) is 0 Å². The van der Waals surface area contributed by atoms with Crippen LogP contribution in [0.3, 0.4) is 0 Å². The Bertz CT molecular complexity index is 288. The molecule has 0 saturated carbocycles. The van der Waals surface area contributed by atoms with Crippen molar-refractivity contribution in [1.29, 1.82) is 0 Å². The lowest BCUT2D eigenvalue weighted by Gasteiger charge is -2.43. The zero-order chi connectivity index (χ0) is 12.3. The Balaban J connectivity index is 2.75. The maximum absolute atomic E-state index is 11.8. The number of esters is 1. The molecule has 1 fully saturated rings. The normalized spacial score (nSPS) is 24.0. The molecule has 1 atom stereocenters. The third-order valence-corrected chi connectivity index (χ3v) is 2.59. The lowest BCUT2D eigenvalue weighted by atomic mass is 10.0. The number of carbonyl (C=O) groups excluding carboxylic acids is 2. The van der Waals surface area contributed by atoms with Crippen molar-refractivity contribution in [3.8, 4) is 0 Å². The molecular weight excluding hydrogens is 210 g/mol. The minimum absolute atomic E-state index is 0.0496. The van der Waals surface area contributed by atoms with E-state index in [4.69, 9.17) is 9.47 Å². The van der Waals surface area contributed by atoms with Gasteiger partial charge in [0, 0.05) is 6.54 Å². The van der Waals surface area contributed by atoms with E-state index < -0.39 is 17.4 Å². The van der Waals surface area contributed by atoms with Crippen molar-refractivity contribution in [2.75, 3.05) is 19.8 Å². The Morgan fingerprint density at radius 1 is 1.50 bits per heavy atom. The highest BCUT2D eigenvalue weighted by atomic mass is 16.5. The van der Waals surface area contributed by atoms with Crippen LogP contribution in [0.2, 0.25) is 0 Å². The average molecular weight is 229 g/mol. The van der Waals surface area contributed by atoms with Crippen LogP contribution in [0.25, 0.3) is 0 Å². The molecule has 0 aromatic rings. The quantitative estimate of drug-likeness (QED) is 0.487. The number of hydrogen-bond donors (Lipinski definition) is 0. The number of rotatable bonds is 1. The van der Waals surface area contributed by atoms with Crippen LogP contribution in [-0.2, 0) is 19.1 Å². The summed E-state index contributed by atoms with van der Waals surface area (Å²) in [5.41, 5.74) is -0.462. The second-order valence-electron chi connectivity index (χ2n) is 4.57. The fraction of sp³-hybridized carbons (Fsp3) is 0.818. The zero-order valence-electron chi connectivity index (χ0n) is 10.3. The van der Waals surface area contributed by atoms with Crippen LogP contribution in [0.4, 0.5) is 0 Å². The molecule has 0 spiro atoms. The fourth-order valence-electron chi connectivity index (χ4n) is 1.64. The predicted molar refractivity (Wildman–Crippen MR) is 57.8 cm³/mol. The Morgan fingerprint density at radius 3 is 2.69 bits per heavy atom. The van der Waals surface area contributed by atoms with E-state index in [1.165, 1.54) is 4.90 Å². The monoisotopic (exact) mass is 229 g/mol. The number of nitrogens with zero attached hydrogens (tertiary/aromatic N) is 1. The second kappa shape index (κ2) is 4.82. The summed E-state index contributed by atoms with van der Waals surface area (Å²) in [5, 5.41) is 0. The molecule has 0 aromatic heterocycles. The fourth-order valence-corrected chi connectivity index (χ4v) is 1.64. The molecule has 0 N–H and O–H groups in total. The predicted octanol–water partition coefficient (Wildman–Crippen LogP) is 0.575. The van der Waals surface area contributed by atoms with Gasteiger partial charge < -0.3 is 14.4 Å². The van der Waals surface area contributed by atoms with E-state index in [1.807, 2.05) is 20.8 Å². The molecule has 1 rings (SSSR count). The van der Waals surface area contributed by atoms with Crippen molar-refractivity contribution in [3.05, 3.63) is 0 Å². The molecule has 1 heterocycles. The van der Waals surface area contributed by atoms with Crippen LogP contribution in [-0.4, -0.2) is 48.2 Å².